The molecule has 18 heavy (non-hydrogen) atoms. The number of amides is 1. The molecule has 0 aliphatic carbocycles. The lowest BCUT2D eigenvalue weighted by Crippen LogP contribution is -2.13. The van der Waals surface area contributed by atoms with Crippen LogP contribution >= 0.6 is 43.5 Å². The molecular weight excluding hydrogens is 383 g/mol. The van der Waals surface area contributed by atoms with Crippen LogP contribution in [-0.2, 0) is 0 Å². The monoisotopic (exact) mass is 388 g/mol. The average molecular weight is 390 g/mol. The van der Waals surface area contributed by atoms with Gasteiger partial charge >= 0.3 is 0 Å². The van der Waals surface area contributed by atoms with Crippen LogP contribution in [0.5, 0.6) is 0 Å². The minimum atomic E-state index is -0.267. The molecule has 92 valence electrons. The van der Waals surface area contributed by atoms with E-state index < -0.39 is 0 Å². The van der Waals surface area contributed by atoms with E-state index in [9.17, 15) is 4.79 Å². The quantitative estimate of drug-likeness (QED) is 0.820. The predicted molar refractivity (Wildman–Crippen MR) is 79.0 cm³/mol. The Bertz CT molecular complexity index is 587. The van der Waals surface area contributed by atoms with Crippen molar-refractivity contribution >= 4 is 55.1 Å². The molecular formula is C12H7Br2ClN2O. The maximum absolute atomic E-state index is 11.9. The van der Waals surface area contributed by atoms with E-state index in [2.05, 4.69) is 42.2 Å². The number of hydrogen-bond acceptors (Lipinski definition) is 2. The molecule has 2 aromatic rings. The molecule has 0 radical (unpaired) electrons. The second-order valence-corrected chi connectivity index (χ2v) is 5.62. The second kappa shape index (κ2) is 5.82. The van der Waals surface area contributed by atoms with Crippen molar-refractivity contribution < 1.29 is 4.79 Å². The van der Waals surface area contributed by atoms with Gasteiger partial charge in [0, 0.05) is 20.8 Å². The zero-order valence-electron chi connectivity index (χ0n) is 8.95. The molecule has 0 unspecified atom stereocenters. The lowest BCUT2D eigenvalue weighted by atomic mass is 10.3. The van der Waals surface area contributed by atoms with Crippen molar-refractivity contribution in [1.82, 2.24) is 4.98 Å². The number of nitrogens with one attached hydrogen (secondary N) is 1. The zero-order valence-corrected chi connectivity index (χ0v) is 12.9. The van der Waals surface area contributed by atoms with Gasteiger partial charge in [0.05, 0.1) is 5.02 Å². The van der Waals surface area contributed by atoms with Crippen molar-refractivity contribution in [3.05, 3.63) is 56.2 Å². The largest absolute Gasteiger partial charge is 0.321 e. The molecule has 2 rings (SSSR count). The molecule has 0 aliphatic rings. The fourth-order valence-electron chi connectivity index (χ4n) is 1.28. The highest BCUT2D eigenvalue weighted by molar-refractivity contribution is 9.10. The molecule has 3 nitrogen and oxygen atoms in total. The van der Waals surface area contributed by atoms with E-state index in [1.165, 1.54) is 0 Å². The van der Waals surface area contributed by atoms with Gasteiger partial charge < -0.3 is 5.32 Å². The Kier molecular flexibility index (Phi) is 4.37. The molecule has 0 spiro atoms. The van der Waals surface area contributed by atoms with Crippen molar-refractivity contribution in [1.29, 1.82) is 0 Å². The molecule has 1 heterocycles. The molecule has 1 amide bonds. The molecule has 0 fully saturated rings. The smallest absolute Gasteiger partial charge is 0.274 e. The molecule has 0 saturated carbocycles. The Morgan fingerprint density at radius 1 is 1.22 bits per heavy atom. The van der Waals surface area contributed by atoms with E-state index in [0.717, 1.165) is 8.95 Å². The summed E-state index contributed by atoms with van der Waals surface area (Å²) < 4.78 is 1.55. The highest BCUT2D eigenvalue weighted by atomic mass is 79.9. The summed E-state index contributed by atoms with van der Waals surface area (Å²) in [6, 6.07) is 8.57. The Labute approximate surface area is 126 Å². The number of benzene rings is 1. The van der Waals surface area contributed by atoms with Crippen LogP contribution in [-0.4, -0.2) is 10.9 Å². The van der Waals surface area contributed by atoms with Crippen LogP contribution in [0, 0.1) is 0 Å². The maximum atomic E-state index is 11.9. The predicted octanol–water partition coefficient (Wildman–Crippen LogP) is 4.51. The minimum Gasteiger partial charge on any atom is -0.321 e. The number of carbonyl (C=O) groups excluding carboxylic acids is 1. The molecule has 1 N–H and O–H groups in total. The van der Waals surface area contributed by atoms with Crippen molar-refractivity contribution in [3.8, 4) is 0 Å². The van der Waals surface area contributed by atoms with E-state index in [1.54, 1.807) is 36.5 Å². The highest BCUT2D eigenvalue weighted by Gasteiger charge is 2.08. The number of rotatable bonds is 2. The summed E-state index contributed by atoms with van der Waals surface area (Å²) in [4.78, 5) is 15.9. The van der Waals surface area contributed by atoms with Gasteiger partial charge in [0.25, 0.3) is 5.91 Å². The normalized spacial score (nSPS) is 10.2. The van der Waals surface area contributed by atoms with Crippen molar-refractivity contribution in [2.75, 3.05) is 5.32 Å². The van der Waals surface area contributed by atoms with Gasteiger partial charge in [0.1, 0.15) is 5.69 Å². The lowest BCUT2D eigenvalue weighted by Gasteiger charge is -2.06. The van der Waals surface area contributed by atoms with Gasteiger partial charge in [-0.25, -0.2) is 4.98 Å². The molecule has 1 aromatic heterocycles. The van der Waals surface area contributed by atoms with Gasteiger partial charge in [-0.1, -0.05) is 11.6 Å². The first kappa shape index (κ1) is 13.5. The SMILES string of the molecule is O=C(Nc1ccc(Cl)c(Br)c1)c1ccc(Br)cn1. The van der Waals surface area contributed by atoms with Gasteiger partial charge in [-0.2, -0.15) is 0 Å². The topological polar surface area (TPSA) is 42.0 Å². The molecule has 0 aliphatic heterocycles. The summed E-state index contributed by atoms with van der Waals surface area (Å²) in [5.74, 6) is -0.267. The van der Waals surface area contributed by atoms with Gasteiger partial charge in [-0.3, -0.25) is 4.79 Å². The summed E-state index contributed by atoms with van der Waals surface area (Å²) >= 11 is 12.4. The van der Waals surface area contributed by atoms with Crippen molar-refractivity contribution in [3.63, 3.8) is 0 Å². The standard InChI is InChI=1S/C12H7Br2ClN2O/c13-7-1-4-11(16-6-7)12(18)17-8-2-3-10(15)9(14)5-8/h1-6H,(H,17,18). The number of carbonyl (C=O) groups is 1. The molecule has 1 aromatic carbocycles. The second-order valence-electron chi connectivity index (χ2n) is 3.44. The maximum Gasteiger partial charge on any atom is 0.274 e. The van der Waals surface area contributed by atoms with E-state index in [0.29, 0.717) is 16.4 Å². The summed E-state index contributed by atoms with van der Waals surface area (Å²) in [6.07, 6.45) is 1.58. The van der Waals surface area contributed by atoms with Crippen LogP contribution < -0.4 is 5.32 Å². The van der Waals surface area contributed by atoms with Crippen LogP contribution in [0.3, 0.4) is 0 Å². The summed E-state index contributed by atoms with van der Waals surface area (Å²) in [5, 5.41) is 3.33. The van der Waals surface area contributed by atoms with Gasteiger partial charge in [-0.15, -0.1) is 0 Å². The number of hydrogen-bond donors (Lipinski definition) is 1. The van der Waals surface area contributed by atoms with Crippen LogP contribution in [0.1, 0.15) is 10.5 Å². The van der Waals surface area contributed by atoms with E-state index in [-0.39, 0.29) is 5.91 Å². The molecule has 0 atom stereocenters. The third-order valence-electron chi connectivity index (χ3n) is 2.14. The first-order valence-electron chi connectivity index (χ1n) is 4.94. The number of pyridine rings is 1. The summed E-state index contributed by atoms with van der Waals surface area (Å²) in [5.41, 5.74) is 1.00. The summed E-state index contributed by atoms with van der Waals surface area (Å²) in [6.45, 7) is 0. The Hall–Kier alpha value is -0.910. The van der Waals surface area contributed by atoms with Crippen LogP contribution in [0.2, 0.25) is 5.02 Å². The number of aromatic nitrogens is 1. The molecule has 0 saturated heterocycles. The van der Waals surface area contributed by atoms with Crippen LogP contribution in [0.15, 0.2) is 45.5 Å². The van der Waals surface area contributed by atoms with Gasteiger partial charge in [-0.05, 0) is 62.2 Å². The van der Waals surface area contributed by atoms with Gasteiger partial charge in [0.2, 0.25) is 0 Å². The third-order valence-corrected chi connectivity index (χ3v) is 3.82. The van der Waals surface area contributed by atoms with E-state index in [4.69, 9.17) is 11.6 Å². The van der Waals surface area contributed by atoms with Crippen molar-refractivity contribution in [2.24, 2.45) is 0 Å². The lowest BCUT2D eigenvalue weighted by molar-refractivity contribution is 0.102. The average Bonchev–Trinajstić information content (AvgIpc) is 2.34. The molecule has 0 bridgehead atoms. The Balaban J connectivity index is 2.16. The van der Waals surface area contributed by atoms with Crippen LogP contribution in [0.4, 0.5) is 5.69 Å². The highest BCUT2D eigenvalue weighted by Crippen LogP contribution is 2.25. The minimum absolute atomic E-state index is 0.267. The van der Waals surface area contributed by atoms with E-state index >= 15 is 0 Å². The van der Waals surface area contributed by atoms with Crippen molar-refractivity contribution in [2.45, 2.75) is 0 Å². The number of anilines is 1. The Morgan fingerprint density at radius 3 is 2.61 bits per heavy atom. The third kappa shape index (κ3) is 3.31. The molecule has 6 heteroatoms. The fraction of sp³-hybridized carbons (Fsp3) is 0. The fourth-order valence-corrected chi connectivity index (χ4v) is 2.01. The number of nitrogens with zero attached hydrogens (tertiary/aromatic N) is 1. The number of halogens is 3. The first-order chi connectivity index (χ1) is 8.56. The first-order valence-corrected chi connectivity index (χ1v) is 6.90. The zero-order chi connectivity index (χ0) is 13.1. The van der Waals surface area contributed by atoms with Crippen LogP contribution in [0.25, 0.3) is 0 Å². The summed E-state index contributed by atoms with van der Waals surface area (Å²) in [7, 11) is 0. The van der Waals surface area contributed by atoms with E-state index in [1.807, 2.05) is 0 Å². The van der Waals surface area contributed by atoms with Gasteiger partial charge in [0.15, 0.2) is 0 Å². The Morgan fingerprint density at radius 2 is 2.00 bits per heavy atom.